The number of aromatic nitrogens is 1. The predicted molar refractivity (Wildman–Crippen MR) is 131 cm³/mol. The summed E-state index contributed by atoms with van der Waals surface area (Å²) in [6, 6.07) is 21.0. The molecule has 0 aliphatic carbocycles. The van der Waals surface area contributed by atoms with Gasteiger partial charge >= 0.3 is 0 Å². The highest BCUT2D eigenvalue weighted by Gasteiger charge is 2.33. The zero-order valence-corrected chi connectivity index (χ0v) is 19.8. The second-order valence-electron chi connectivity index (χ2n) is 8.83. The van der Waals surface area contributed by atoms with Gasteiger partial charge in [-0.05, 0) is 59.7 Å². The van der Waals surface area contributed by atoms with Crippen LogP contribution in [0.3, 0.4) is 0 Å². The molecule has 33 heavy (non-hydrogen) atoms. The Bertz CT molecular complexity index is 1380. The van der Waals surface area contributed by atoms with Gasteiger partial charge in [-0.2, -0.15) is 4.98 Å². The standard InChI is InChI=1S/C27H28N2O3S/c1-3-20-11-13-22(14-12-20)33(30,31)26-27(29-17-15-19(2)16-18-29)32-25(28-26)24-10-6-8-21-7-4-5-9-23(21)24/h4-14,19H,3,15-18H2,1-2H3. The molecule has 0 amide bonds. The van der Waals surface area contributed by atoms with Crippen molar-refractivity contribution in [2.24, 2.45) is 5.92 Å². The second-order valence-corrected chi connectivity index (χ2v) is 10.7. The Morgan fingerprint density at radius 1 is 0.970 bits per heavy atom. The lowest BCUT2D eigenvalue weighted by Gasteiger charge is -2.30. The lowest BCUT2D eigenvalue weighted by molar-refractivity contribution is 0.416. The van der Waals surface area contributed by atoms with E-state index in [-0.39, 0.29) is 9.92 Å². The molecule has 0 unspecified atom stereocenters. The fourth-order valence-corrected chi connectivity index (χ4v) is 5.75. The van der Waals surface area contributed by atoms with Gasteiger partial charge in [0.05, 0.1) is 4.90 Å². The summed E-state index contributed by atoms with van der Waals surface area (Å²) in [7, 11) is -3.84. The molecule has 0 atom stereocenters. The van der Waals surface area contributed by atoms with Crippen molar-refractivity contribution in [1.82, 2.24) is 4.98 Å². The minimum absolute atomic E-state index is 0.00392. The molecule has 0 N–H and O–H groups in total. The SMILES string of the molecule is CCc1ccc(S(=O)(=O)c2nc(-c3cccc4ccccc34)oc2N2CCC(C)CC2)cc1. The third-order valence-electron chi connectivity index (χ3n) is 6.57. The molecule has 170 valence electrons. The number of hydrogen-bond donors (Lipinski definition) is 0. The molecule has 3 aromatic carbocycles. The van der Waals surface area contributed by atoms with E-state index in [1.54, 1.807) is 12.1 Å². The van der Waals surface area contributed by atoms with Crippen LogP contribution in [0.25, 0.3) is 22.2 Å². The van der Waals surface area contributed by atoms with E-state index in [0.717, 1.165) is 54.3 Å². The molecule has 4 aromatic rings. The van der Waals surface area contributed by atoms with Gasteiger partial charge in [-0.25, -0.2) is 8.42 Å². The van der Waals surface area contributed by atoms with Crippen molar-refractivity contribution in [3.05, 3.63) is 72.3 Å². The maximum atomic E-state index is 13.7. The largest absolute Gasteiger partial charge is 0.419 e. The lowest BCUT2D eigenvalue weighted by Crippen LogP contribution is -2.33. The van der Waals surface area contributed by atoms with Crippen LogP contribution in [0.1, 0.15) is 32.3 Å². The number of anilines is 1. The number of piperidine rings is 1. The molecule has 5 nitrogen and oxygen atoms in total. The summed E-state index contributed by atoms with van der Waals surface area (Å²) < 4.78 is 33.7. The molecule has 1 aromatic heterocycles. The average Bonchev–Trinajstić information content (AvgIpc) is 3.30. The topological polar surface area (TPSA) is 63.4 Å². The van der Waals surface area contributed by atoms with Crippen molar-refractivity contribution in [2.45, 2.75) is 43.0 Å². The molecule has 1 aliphatic rings. The van der Waals surface area contributed by atoms with Crippen molar-refractivity contribution in [1.29, 1.82) is 0 Å². The normalized spacial score (nSPS) is 15.3. The number of aryl methyl sites for hydroxylation is 1. The Balaban J connectivity index is 1.66. The van der Waals surface area contributed by atoms with Gasteiger partial charge in [0.2, 0.25) is 26.6 Å². The molecular weight excluding hydrogens is 432 g/mol. The zero-order chi connectivity index (χ0) is 23.0. The van der Waals surface area contributed by atoms with Gasteiger partial charge in [-0.15, -0.1) is 0 Å². The molecule has 0 spiro atoms. The maximum Gasteiger partial charge on any atom is 0.236 e. The first kappa shape index (κ1) is 21.7. The van der Waals surface area contributed by atoms with E-state index in [0.29, 0.717) is 17.7 Å². The smallest absolute Gasteiger partial charge is 0.236 e. The van der Waals surface area contributed by atoms with E-state index < -0.39 is 9.84 Å². The third kappa shape index (κ3) is 4.04. The van der Waals surface area contributed by atoms with Crippen molar-refractivity contribution in [2.75, 3.05) is 18.0 Å². The first-order chi connectivity index (χ1) is 16.0. The summed E-state index contributed by atoms with van der Waals surface area (Å²) in [5, 5.41) is 2.04. The number of hydrogen-bond acceptors (Lipinski definition) is 5. The first-order valence-electron chi connectivity index (χ1n) is 11.6. The second kappa shape index (κ2) is 8.67. The summed E-state index contributed by atoms with van der Waals surface area (Å²) in [5.74, 6) is 1.30. The Morgan fingerprint density at radius 2 is 1.67 bits per heavy atom. The van der Waals surface area contributed by atoms with Crippen LogP contribution in [0.2, 0.25) is 0 Å². The molecule has 2 heterocycles. The number of sulfone groups is 1. The van der Waals surface area contributed by atoms with E-state index >= 15 is 0 Å². The van der Waals surface area contributed by atoms with E-state index in [1.807, 2.05) is 66.4 Å². The number of oxazole rings is 1. The van der Waals surface area contributed by atoms with Gasteiger partial charge in [0.15, 0.2) is 0 Å². The van der Waals surface area contributed by atoms with Crippen LogP contribution in [0.5, 0.6) is 0 Å². The average molecular weight is 461 g/mol. The maximum absolute atomic E-state index is 13.7. The molecule has 1 fully saturated rings. The third-order valence-corrected chi connectivity index (χ3v) is 8.23. The number of benzene rings is 3. The van der Waals surface area contributed by atoms with Gasteiger partial charge in [0.1, 0.15) is 0 Å². The Kier molecular flexibility index (Phi) is 5.71. The van der Waals surface area contributed by atoms with Crippen molar-refractivity contribution >= 4 is 26.5 Å². The minimum Gasteiger partial charge on any atom is -0.419 e. The molecule has 0 saturated carbocycles. The summed E-state index contributed by atoms with van der Waals surface area (Å²) in [6.07, 6.45) is 2.84. The zero-order valence-electron chi connectivity index (χ0n) is 19.0. The van der Waals surface area contributed by atoms with Crippen LogP contribution in [-0.4, -0.2) is 26.5 Å². The fraction of sp³-hybridized carbons (Fsp3) is 0.296. The van der Waals surface area contributed by atoms with Gasteiger partial charge in [0.25, 0.3) is 0 Å². The van der Waals surface area contributed by atoms with Crippen LogP contribution < -0.4 is 4.90 Å². The molecule has 0 bridgehead atoms. The Morgan fingerprint density at radius 3 is 2.39 bits per heavy atom. The van der Waals surface area contributed by atoms with Gasteiger partial charge in [-0.3, -0.25) is 0 Å². The van der Waals surface area contributed by atoms with Crippen LogP contribution in [0.15, 0.2) is 81.1 Å². The van der Waals surface area contributed by atoms with Crippen LogP contribution in [0, 0.1) is 5.92 Å². The number of nitrogens with zero attached hydrogens (tertiary/aromatic N) is 2. The van der Waals surface area contributed by atoms with Gasteiger partial charge in [0, 0.05) is 18.7 Å². The highest BCUT2D eigenvalue weighted by atomic mass is 32.2. The summed E-state index contributed by atoms with van der Waals surface area (Å²) in [6.45, 7) is 5.78. The lowest BCUT2D eigenvalue weighted by atomic mass is 9.99. The highest BCUT2D eigenvalue weighted by Crippen LogP contribution is 2.38. The quantitative estimate of drug-likeness (QED) is 0.359. The van der Waals surface area contributed by atoms with E-state index in [1.165, 1.54) is 0 Å². The minimum atomic E-state index is -3.84. The van der Waals surface area contributed by atoms with Gasteiger partial charge < -0.3 is 9.32 Å². The number of rotatable bonds is 5. The monoisotopic (exact) mass is 460 g/mol. The highest BCUT2D eigenvalue weighted by molar-refractivity contribution is 7.91. The molecule has 1 saturated heterocycles. The Hall–Kier alpha value is -3.12. The Labute approximate surface area is 195 Å². The number of fused-ring (bicyclic) bond motifs is 1. The van der Waals surface area contributed by atoms with E-state index in [4.69, 9.17) is 4.42 Å². The first-order valence-corrected chi connectivity index (χ1v) is 13.0. The van der Waals surface area contributed by atoms with Crippen molar-refractivity contribution < 1.29 is 12.8 Å². The van der Waals surface area contributed by atoms with E-state index in [9.17, 15) is 8.42 Å². The molecule has 0 radical (unpaired) electrons. The molecule has 1 aliphatic heterocycles. The van der Waals surface area contributed by atoms with E-state index in [2.05, 4.69) is 11.9 Å². The summed E-state index contributed by atoms with van der Waals surface area (Å²) >= 11 is 0. The van der Waals surface area contributed by atoms with Crippen molar-refractivity contribution in [3.8, 4) is 11.5 Å². The molecular formula is C27H28N2O3S. The summed E-state index contributed by atoms with van der Waals surface area (Å²) in [4.78, 5) is 6.90. The fourth-order valence-electron chi connectivity index (χ4n) is 4.43. The van der Waals surface area contributed by atoms with Gasteiger partial charge in [-0.1, -0.05) is 62.4 Å². The van der Waals surface area contributed by atoms with Crippen LogP contribution in [0.4, 0.5) is 5.88 Å². The summed E-state index contributed by atoms with van der Waals surface area (Å²) in [5.41, 5.74) is 1.89. The molecule has 5 rings (SSSR count). The van der Waals surface area contributed by atoms with Crippen LogP contribution in [-0.2, 0) is 16.3 Å². The van der Waals surface area contributed by atoms with Crippen LogP contribution >= 0.6 is 0 Å². The predicted octanol–water partition coefficient (Wildman–Crippen LogP) is 6.13. The van der Waals surface area contributed by atoms with Crippen molar-refractivity contribution in [3.63, 3.8) is 0 Å². The molecule has 6 heteroatoms.